The van der Waals surface area contributed by atoms with E-state index in [1.54, 1.807) is 0 Å². The van der Waals surface area contributed by atoms with E-state index in [0.717, 1.165) is 45.3 Å². The number of likely N-dealkylation sites (tertiary alicyclic amines) is 1. The molecule has 1 unspecified atom stereocenters. The van der Waals surface area contributed by atoms with Gasteiger partial charge >= 0.3 is 0 Å². The van der Waals surface area contributed by atoms with Gasteiger partial charge in [-0.05, 0) is 25.7 Å². The molecule has 1 aromatic heterocycles. The maximum absolute atomic E-state index is 11.5. The van der Waals surface area contributed by atoms with Gasteiger partial charge < -0.3 is 4.74 Å². The number of nitrogens with one attached hydrogen (secondary N) is 1. The van der Waals surface area contributed by atoms with Gasteiger partial charge in [0.2, 0.25) is 10.0 Å². The molecule has 0 aromatic carbocycles. The van der Waals surface area contributed by atoms with Crippen LogP contribution in [0.4, 0.5) is 0 Å². The third-order valence-electron chi connectivity index (χ3n) is 4.81. The van der Waals surface area contributed by atoms with E-state index in [2.05, 4.69) is 14.7 Å². The van der Waals surface area contributed by atoms with Crippen molar-refractivity contribution < 1.29 is 13.2 Å². The van der Waals surface area contributed by atoms with Crippen LogP contribution >= 0.6 is 0 Å². The Balaban J connectivity index is 1.54. The Morgan fingerprint density at radius 2 is 2.17 bits per heavy atom. The van der Waals surface area contributed by atoms with Gasteiger partial charge in [-0.25, -0.2) is 13.1 Å². The Bertz CT molecular complexity index is 635. The molecule has 0 bridgehead atoms. The van der Waals surface area contributed by atoms with Crippen LogP contribution in [-0.4, -0.2) is 60.7 Å². The molecule has 2 aliphatic heterocycles. The van der Waals surface area contributed by atoms with Crippen LogP contribution in [0.3, 0.4) is 0 Å². The van der Waals surface area contributed by atoms with Crippen LogP contribution in [0.25, 0.3) is 0 Å². The fraction of sp³-hybridized carbons (Fsp3) is 0.800. The summed E-state index contributed by atoms with van der Waals surface area (Å²) in [5.74, 6) is 0. The first-order chi connectivity index (χ1) is 10.8. The van der Waals surface area contributed by atoms with Gasteiger partial charge in [0.05, 0.1) is 18.1 Å². The molecule has 1 aromatic rings. The highest BCUT2D eigenvalue weighted by atomic mass is 32.2. The zero-order valence-corrected chi connectivity index (χ0v) is 14.7. The first-order valence-corrected chi connectivity index (χ1v) is 10.0. The highest BCUT2D eigenvalue weighted by molar-refractivity contribution is 7.88. The molecule has 0 aliphatic carbocycles. The number of nitrogens with zero attached hydrogens (tertiary/aromatic N) is 3. The molecule has 0 amide bonds. The lowest BCUT2D eigenvalue weighted by atomic mass is 9.82. The molecule has 1 atom stereocenters. The second-order valence-electron chi connectivity index (χ2n) is 6.91. The van der Waals surface area contributed by atoms with E-state index >= 15 is 0 Å². The fourth-order valence-corrected chi connectivity index (χ4v) is 4.52. The summed E-state index contributed by atoms with van der Waals surface area (Å²) in [7, 11) is -1.22. The minimum absolute atomic E-state index is 0.00335. The molecule has 8 heteroatoms. The molecule has 0 radical (unpaired) electrons. The van der Waals surface area contributed by atoms with E-state index < -0.39 is 10.0 Å². The van der Waals surface area contributed by atoms with Crippen LogP contribution < -0.4 is 4.72 Å². The zero-order chi connectivity index (χ0) is 16.5. The first kappa shape index (κ1) is 16.9. The van der Waals surface area contributed by atoms with Gasteiger partial charge in [-0.1, -0.05) is 0 Å². The van der Waals surface area contributed by atoms with E-state index in [9.17, 15) is 8.42 Å². The SMILES string of the molecule is Cn1cc(CN2CCC3(CC2)CC(NS(C)(=O)=O)CCO3)cn1. The second-order valence-corrected chi connectivity index (χ2v) is 8.69. The maximum atomic E-state index is 11.5. The van der Waals surface area contributed by atoms with Crippen LogP contribution in [0.1, 0.15) is 31.2 Å². The van der Waals surface area contributed by atoms with Gasteiger partial charge in [0.25, 0.3) is 0 Å². The van der Waals surface area contributed by atoms with Crippen molar-refractivity contribution in [2.24, 2.45) is 7.05 Å². The molecule has 130 valence electrons. The lowest BCUT2D eigenvalue weighted by Crippen LogP contribution is -2.53. The average molecular weight is 342 g/mol. The number of ether oxygens (including phenoxy) is 1. The summed E-state index contributed by atoms with van der Waals surface area (Å²) < 4.78 is 33.6. The summed E-state index contributed by atoms with van der Waals surface area (Å²) in [6.07, 6.45) is 8.63. The van der Waals surface area contributed by atoms with Gasteiger partial charge in [0.1, 0.15) is 0 Å². The minimum atomic E-state index is -3.15. The topological polar surface area (TPSA) is 76.5 Å². The van der Waals surface area contributed by atoms with E-state index in [4.69, 9.17) is 4.74 Å². The lowest BCUT2D eigenvalue weighted by Gasteiger charge is -2.46. The Hall–Kier alpha value is -0.960. The summed E-state index contributed by atoms with van der Waals surface area (Å²) >= 11 is 0. The van der Waals surface area contributed by atoms with Crippen LogP contribution in [0.5, 0.6) is 0 Å². The number of sulfonamides is 1. The Morgan fingerprint density at radius 1 is 1.43 bits per heavy atom. The second kappa shape index (κ2) is 6.51. The van der Waals surface area contributed by atoms with Gasteiger partial charge in [0, 0.05) is 51.1 Å². The minimum Gasteiger partial charge on any atom is -0.375 e. The predicted octanol–water partition coefficient (Wildman–Crippen LogP) is 0.483. The van der Waals surface area contributed by atoms with Crippen LogP contribution in [0, 0.1) is 0 Å². The molecule has 2 aliphatic rings. The molecular formula is C15H26N4O3S. The maximum Gasteiger partial charge on any atom is 0.208 e. The predicted molar refractivity (Wildman–Crippen MR) is 87.4 cm³/mol. The monoisotopic (exact) mass is 342 g/mol. The van der Waals surface area contributed by atoms with E-state index in [-0.39, 0.29) is 11.6 Å². The summed E-state index contributed by atoms with van der Waals surface area (Å²) in [6.45, 7) is 3.49. The first-order valence-electron chi connectivity index (χ1n) is 8.15. The number of hydrogen-bond donors (Lipinski definition) is 1. The number of aromatic nitrogens is 2. The summed E-state index contributed by atoms with van der Waals surface area (Å²) in [4.78, 5) is 2.42. The molecule has 23 heavy (non-hydrogen) atoms. The van der Waals surface area contributed by atoms with Crippen molar-refractivity contribution >= 4 is 10.0 Å². The number of hydrogen-bond acceptors (Lipinski definition) is 5. The van der Waals surface area contributed by atoms with Crippen molar-refractivity contribution in [1.29, 1.82) is 0 Å². The van der Waals surface area contributed by atoms with Gasteiger partial charge in [0.15, 0.2) is 0 Å². The number of piperidine rings is 1. The van der Waals surface area contributed by atoms with Gasteiger partial charge in [-0.2, -0.15) is 5.10 Å². The highest BCUT2D eigenvalue weighted by Gasteiger charge is 2.40. The van der Waals surface area contributed by atoms with Crippen molar-refractivity contribution in [2.75, 3.05) is 26.0 Å². The Morgan fingerprint density at radius 3 is 2.78 bits per heavy atom. The van der Waals surface area contributed by atoms with Crippen LogP contribution in [0.15, 0.2) is 12.4 Å². The fourth-order valence-electron chi connectivity index (χ4n) is 3.71. The summed E-state index contributed by atoms with van der Waals surface area (Å²) in [6, 6.07) is 0.00335. The molecule has 2 saturated heterocycles. The summed E-state index contributed by atoms with van der Waals surface area (Å²) in [5.41, 5.74) is 1.07. The molecule has 3 rings (SSSR count). The third kappa shape index (κ3) is 4.53. The standard InChI is InChI=1S/C15H26N4O3S/c1-18-11-13(10-16-18)12-19-6-4-15(5-7-19)9-14(3-8-22-15)17-23(2,20)21/h10-11,14,17H,3-9,12H2,1-2H3. The van der Waals surface area contributed by atoms with Crippen molar-refractivity contribution in [3.8, 4) is 0 Å². The van der Waals surface area contributed by atoms with E-state index in [1.807, 2.05) is 24.1 Å². The molecule has 2 fully saturated rings. The molecular weight excluding hydrogens is 316 g/mol. The lowest BCUT2D eigenvalue weighted by molar-refractivity contribution is -0.118. The smallest absolute Gasteiger partial charge is 0.208 e. The third-order valence-corrected chi connectivity index (χ3v) is 5.57. The number of rotatable bonds is 4. The van der Waals surface area contributed by atoms with Crippen molar-refractivity contribution in [3.63, 3.8) is 0 Å². The number of aryl methyl sites for hydroxylation is 1. The normalized spacial score (nSPS) is 25.7. The van der Waals surface area contributed by atoms with Crippen LogP contribution in [-0.2, 0) is 28.4 Å². The molecule has 7 nitrogen and oxygen atoms in total. The largest absolute Gasteiger partial charge is 0.375 e. The molecule has 3 heterocycles. The van der Waals surface area contributed by atoms with E-state index in [1.165, 1.54) is 11.8 Å². The van der Waals surface area contributed by atoms with Crippen molar-refractivity contribution in [1.82, 2.24) is 19.4 Å². The quantitative estimate of drug-likeness (QED) is 0.861. The Labute approximate surface area is 138 Å². The Kier molecular flexibility index (Phi) is 4.78. The molecule has 1 spiro atoms. The van der Waals surface area contributed by atoms with E-state index in [0.29, 0.717) is 6.61 Å². The molecule has 0 saturated carbocycles. The molecule has 1 N–H and O–H groups in total. The van der Waals surface area contributed by atoms with Crippen molar-refractivity contribution in [3.05, 3.63) is 18.0 Å². The van der Waals surface area contributed by atoms with Gasteiger partial charge in [-0.15, -0.1) is 0 Å². The average Bonchev–Trinajstić information content (AvgIpc) is 2.85. The van der Waals surface area contributed by atoms with Gasteiger partial charge in [-0.3, -0.25) is 9.58 Å². The zero-order valence-electron chi connectivity index (χ0n) is 13.9. The summed E-state index contributed by atoms with van der Waals surface area (Å²) in [5, 5.41) is 4.21. The van der Waals surface area contributed by atoms with Crippen LogP contribution in [0.2, 0.25) is 0 Å². The highest BCUT2D eigenvalue weighted by Crippen LogP contribution is 2.35. The van der Waals surface area contributed by atoms with Crippen molar-refractivity contribution in [2.45, 2.75) is 43.9 Å².